The molecule has 0 bridgehead atoms. The van der Waals surface area contributed by atoms with Gasteiger partial charge in [-0.1, -0.05) is 30.0 Å². The molecule has 0 amide bonds. The number of benzene rings is 1. The van der Waals surface area contributed by atoms with Crippen LogP contribution >= 0.6 is 11.8 Å². The summed E-state index contributed by atoms with van der Waals surface area (Å²) in [6.45, 7) is 4.21. The Labute approximate surface area is 143 Å². The van der Waals surface area contributed by atoms with Crippen molar-refractivity contribution in [2.75, 3.05) is 38.6 Å². The van der Waals surface area contributed by atoms with Crippen LogP contribution in [-0.2, 0) is 4.74 Å². The predicted molar refractivity (Wildman–Crippen MR) is 92.3 cm³/mol. The summed E-state index contributed by atoms with van der Waals surface area (Å²) < 4.78 is 5.34. The standard InChI is InChI=1S/C16H19N5O2S/c22-11(9-21-5-7-23-8-6-21)10-24-16-18-15-14(19-20-16)12-3-1-2-4-13(12)17-15/h1-4,11,22H,5-10H2,(H,17,18,20)/p+1. The van der Waals surface area contributed by atoms with Gasteiger partial charge in [0.05, 0.1) is 13.2 Å². The third kappa shape index (κ3) is 3.36. The Kier molecular flexibility index (Phi) is 4.61. The van der Waals surface area contributed by atoms with Crippen molar-refractivity contribution in [2.24, 2.45) is 0 Å². The molecule has 1 atom stereocenters. The van der Waals surface area contributed by atoms with Crippen LogP contribution in [0.2, 0.25) is 0 Å². The molecule has 1 saturated heterocycles. The lowest BCUT2D eigenvalue weighted by atomic mass is 10.2. The van der Waals surface area contributed by atoms with E-state index in [4.69, 9.17) is 4.74 Å². The SMILES string of the molecule is OC(CSc1nnc2c(n1)[nH]c1ccccc12)C[NH+]1CCOCC1. The number of ether oxygens (including phenoxy) is 1. The Morgan fingerprint density at radius 3 is 2.96 bits per heavy atom. The Hall–Kier alpha value is -1.74. The summed E-state index contributed by atoms with van der Waals surface area (Å²) in [4.78, 5) is 9.18. The molecule has 1 unspecified atom stereocenters. The topological polar surface area (TPSA) is 88.4 Å². The van der Waals surface area contributed by atoms with E-state index in [1.807, 2.05) is 24.3 Å². The van der Waals surface area contributed by atoms with E-state index in [0.29, 0.717) is 10.9 Å². The maximum absolute atomic E-state index is 10.2. The molecule has 2 aromatic heterocycles. The lowest BCUT2D eigenvalue weighted by Crippen LogP contribution is -3.15. The van der Waals surface area contributed by atoms with Crippen LogP contribution in [0.25, 0.3) is 22.1 Å². The van der Waals surface area contributed by atoms with E-state index in [2.05, 4.69) is 20.2 Å². The van der Waals surface area contributed by atoms with Gasteiger partial charge in [0.1, 0.15) is 31.3 Å². The normalized spacial score (nSPS) is 17.5. The summed E-state index contributed by atoms with van der Waals surface area (Å²) in [6, 6.07) is 7.96. The molecule has 0 spiro atoms. The molecule has 1 aliphatic rings. The third-order valence-electron chi connectivity index (χ3n) is 4.23. The van der Waals surface area contributed by atoms with Crippen LogP contribution in [0.15, 0.2) is 29.4 Å². The Bertz CT molecular complexity index is 834. The molecule has 8 heteroatoms. The number of H-pyrrole nitrogens is 1. The minimum absolute atomic E-state index is 0.384. The van der Waals surface area contributed by atoms with Gasteiger partial charge in [-0.2, -0.15) is 0 Å². The fourth-order valence-electron chi connectivity index (χ4n) is 2.99. The molecule has 0 aliphatic carbocycles. The number of para-hydroxylation sites is 1. The highest BCUT2D eigenvalue weighted by molar-refractivity contribution is 7.99. The molecule has 1 fully saturated rings. The molecule has 3 aromatic rings. The van der Waals surface area contributed by atoms with Gasteiger partial charge < -0.3 is 19.7 Å². The number of aliphatic hydroxyl groups excluding tert-OH is 1. The molecule has 1 aromatic carbocycles. The molecule has 24 heavy (non-hydrogen) atoms. The highest BCUT2D eigenvalue weighted by Gasteiger charge is 2.19. The van der Waals surface area contributed by atoms with Gasteiger partial charge in [0, 0.05) is 16.7 Å². The zero-order valence-corrected chi connectivity index (χ0v) is 14.1. The van der Waals surface area contributed by atoms with Crippen LogP contribution in [-0.4, -0.2) is 70.0 Å². The van der Waals surface area contributed by atoms with Gasteiger partial charge in [-0.15, -0.1) is 10.2 Å². The van der Waals surface area contributed by atoms with Gasteiger partial charge in [0.15, 0.2) is 5.65 Å². The van der Waals surface area contributed by atoms with E-state index in [-0.39, 0.29) is 6.10 Å². The first-order valence-corrected chi connectivity index (χ1v) is 9.11. The Morgan fingerprint density at radius 1 is 1.25 bits per heavy atom. The number of thioether (sulfide) groups is 1. The molecule has 1 aliphatic heterocycles. The number of aliphatic hydroxyl groups is 1. The van der Waals surface area contributed by atoms with Crippen molar-refractivity contribution in [2.45, 2.75) is 11.3 Å². The number of hydrogen-bond acceptors (Lipinski definition) is 6. The van der Waals surface area contributed by atoms with E-state index < -0.39 is 0 Å². The molecule has 0 saturated carbocycles. The van der Waals surface area contributed by atoms with Gasteiger partial charge in [-0.25, -0.2) is 4.98 Å². The van der Waals surface area contributed by atoms with E-state index in [1.54, 1.807) is 0 Å². The number of aromatic nitrogens is 4. The molecular formula is C16H20N5O2S+. The Morgan fingerprint density at radius 2 is 2.08 bits per heavy atom. The number of fused-ring (bicyclic) bond motifs is 3. The first kappa shape index (κ1) is 15.8. The summed E-state index contributed by atoms with van der Waals surface area (Å²) in [6.07, 6.45) is -0.384. The summed E-state index contributed by atoms with van der Waals surface area (Å²) >= 11 is 1.44. The quantitative estimate of drug-likeness (QED) is 0.558. The van der Waals surface area contributed by atoms with Crippen LogP contribution < -0.4 is 4.90 Å². The number of rotatable bonds is 5. The van der Waals surface area contributed by atoms with E-state index in [1.165, 1.54) is 16.7 Å². The number of nitrogens with one attached hydrogen (secondary N) is 2. The van der Waals surface area contributed by atoms with Crippen LogP contribution in [0.3, 0.4) is 0 Å². The van der Waals surface area contributed by atoms with Crippen molar-refractivity contribution in [3.05, 3.63) is 24.3 Å². The zero-order valence-electron chi connectivity index (χ0n) is 13.2. The number of nitrogens with zero attached hydrogens (tertiary/aromatic N) is 3. The number of hydrogen-bond donors (Lipinski definition) is 3. The number of aromatic amines is 1. The molecule has 3 heterocycles. The first-order valence-electron chi connectivity index (χ1n) is 8.13. The fourth-order valence-corrected chi connectivity index (χ4v) is 3.71. The molecule has 7 nitrogen and oxygen atoms in total. The highest BCUT2D eigenvalue weighted by Crippen LogP contribution is 2.23. The smallest absolute Gasteiger partial charge is 0.211 e. The van der Waals surface area contributed by atoms with Crippen LogP contribution in [0.4, 0.5) is 0 Å². The van der Waals surface area contributed by atoms with Crippen molar-refractivity contribution in [3.8, 4) is 0 Å². The third-order valence-corrected chi connectivity index (χ3v) is 5.21. The zero-order chi connectivity index (χ0) is 16.4. The fraction of sp³-hybridized carbons (Fsp3) is 0.438. The van der Waals surface area contributed by atoms with Gasteiger partial charge in [0.2, 0.25) is 5.16 Å². The van der Waals surface area contributed by atoms with E-state index >= 15 is 0 Å². The molecule has 4 rings (SSSR count). The van der Waals surface area contributed by atoms with Gasteiger partial charge in [-0.3, -0.25) is 0 Å². The van der Waals surface area contributed by atoms with Crippen LogP contribution in [0, 0.1) is 0 Å². The summed E-state index contributed by atoms with van der Waals surface area (Å²) in [5, 5.41) is 20.3. The average molecular weight is 346 g/mol. The largest absolute Gasteiger partial charge is 0.386 e. The minimum Gasteiger partial charge on any atom is -0.386 e. The maximum atomic E-state index is 10.2. The van der Waals surface area contributed by atoms with E-state index in [0.717, 1.165) is 54.9 Å². The molecule has 3 N–H and O–H groups in total. The van der Waals surface area contributed by atoms with Crippen molar-refractivity contribution in [1.82, 2.24) is 20.2 Å². The first-order chi connectivity index (χ1) is 11.8. The summed E-state index contributed by atoms with van der Waals surface area (Å²) in [7, 11) is 0. The number of morpholine rings is 1. The van der Waals surface area contributed by atoms with Crippen molar-refractivity contribution < 1.29 is 14.7 Å². The minimum atomic E-state index is -0.384. The van der Waals surface area contributed by atoms with Gasteiger partial charge in [-0.05, 0) is 6.07 Å². The summed E-state index contributed by atoms with van der Waals surface area (Å²) in [5.41, 5.74) is 2.53. The maximum Gasteiger partial charge on any atom is 0.211 e. The van der Waals surface area contributed by atoms with Crippen molar-refractivity contribution in [1.29, 1.82) is 0 Å². The summed E-state index contributed by atoms with van der Waals surface area (Å²) in [5.74, 6) is 0.567. The molecular weight excluding hydrogens is 326 g/mol. The monoisotopic (exact) mass is 346 g/mol. The van der Waals surface area contributed by atoms with Crippen LogP contribution in [0.1, 0.15) is 0 Å². The average Bonchev–Trinajstić information content (AvgIpc) is 2.98. The van der Waals surface area contributed by atoms with Gasteiger partial charge in [0.25, 0.3) is 0 Å². The lowest BCUT2D eigenvalue weighted by molar-refractivity contribution is -0.910. The lowest BCUT2D eigenvalue weighted by Gasteiger charge is -2.25. The second-order valence-electron chi connectivity index (χ2n) is 5.99. The second-order valence-corrected chi connectivity index (χ2v) is 6.98. The predicted octanol–water partition coefficient (Wildman–Crippen LogP) is -0.126. The van der Waals surface area contributed by atoms with Gasteiger partial charge >= 0.3 is 0 Å². The Balaban J connectivity index is 1.41. The van der Waals surface area contributed by atoms with Crippen LogP contribution in [0.5, 0.6) is 0 Å². The van der Waals surface area contributed by atoms with E-state index in [9.17, 15) is 5.11 Å². The molecule has 0 radical (unpaired) electrons. The molecule has 126 valence electrons. The second kappa shape index (κ2) is 7.02. The highest BCUT2D eigenvalue weighted by atomic mass is 32.2. The number of quaternary nitrogens is 1. The van der Waals surface area contributed by atoms with Crippen molar-refractivity contribution in [3.63, 3.8) is 0 Å². The van der Waals surface area contributed by atoms with Crippen molar-refractivity contribution >= 4 is 33.8 Å².